The van der Waals surface area contributed by atoms with Crippen molar-refractivity contribution in [2.75, 3.05) is 0 Å². The summed E-state index contributed by atoms with van der Waals surface area (Å²) in [5.74, 6) is 1.55. The molecule has 1 aliphatic rings. The topological polar surface area (TPSA) is 33.4 Å². The number of para-hydroxylation sites is 1. The number of rotatable bonds is 4. The lowest BCUT2D eigenvalue weighted by molar-refractivity contribution is 0.140. The maximum atomic E-state index is 9.78. The van der Waals surface area contributed by atoms with Crippen LogP contribution in [0.1, 0.15) is 25.0 Å². The SMILES string of the molecule is OC(CCc1cc2ccccc2o1)C1CC1. The molecule has 0 amide bonds. The van der Waals surface area contributed by atoms with Crippen LogP contribution in [0.2, 0.25) is 0 Å². The van der Waals surface area contributed by atoms with Gasteiger partial charge in [0.05, 0.1) is 6.10 Å². The lowest BCUT2D eigenvalue weighted by Gasteiger charge is -2.06. The van der Waals surface area contributed by atoms with E-state index in [9.17, 15) is 5.11 Å². The molecule has 1 aromatic heterocycles. The van der Waals surface area contributed by atoms with Crippen LogP contribution in [0.3, 0.4) is 0 Å². The van der Waals surface area contributed by atoms with Crippen molar-refractivity contribution < 1.29 is 9.52 Å². The van der Waals surface area contributed by atoms with E-state index in [1.54, 1.807) is 0 Å². The van der Waals surface area contributed by atoms with E-state index in [0.29, 0.717) is 5.92 Å². The van der Waals surface area contributed by atoms with Gasteiger partial charge in [-0.05, 0) is 37.3 Å². The molecule has 2 aromatic rings. The molecule has 1 aliphatic carbocycles. The molecule has 1 unspecified atom stereocenters. The molecular formula is C14H16O2. The lowest BCUT2D eigenvalue weighted by Crippen LogP contribution is -2.09. The fraction of sp³-hybridized carbons (Fsp3) is 0.429. The van der Waals surface area contributed by atoms with E-state index in [1.807, 2.05) is 18.2 Å². The molecule has 1 aromatic carbocycles. The Bertz CT molecular complexity index is 449. The Morgan fingerprint density at radius 1 is 1.31 bits per heavy atom. The smallest absolute Gasteiger partial charge is 0.134 e. The standard InChI is InChI=1S/C14H16O2/c15-13(10-5-6-10)8-7-12-9-11-3-1-2-4-14(11)16-12/h1-4,9-10,13,15H,5-8H2. The zero-order chi connectivity index (χ0) is 11.0. The van der Waals surface area contributed by atoms with E-state index in [2.05, 4.69) is 12.1 Å². The first-order valence-electron chi connectivity index (χ1n) is 5.98. The number of fused-ring (bicyclic) bond motifs is 1. The van der Waals surface area contributed by atoms with Crippen LogP contribution in [0.15, 0.2) is 34.7 Å². The summed E-state index contributed by atoms with van der Waals surface area (Å²) in [7, 11) is 0. The molecule has 84 valence electrons. The molecule has 2 heteroatoms. The van der Waals surface area contributed by atoms with Gasteiger partial charge in [-0.3, -0.25) is 0 Å². The summed E-state index contributed by atoms with van der Waals surface area (Å²) in [6.07, 6.45) is 3.92. The number of benzene rings is 1. The third-order valence-corrected chi connectivity index (χ3v) is 3.33. The molecule has 1 atom stereocenters. The quantitative estimate of drug-likeness (QED) is 0.851. The average Bonchev–Trinajstić information content (AvgIpc) is 3.06. The van der Waals surface area contributed by atoms with Crippen LogP contribution in [0.5, 0.6) is 0 Å². The molecule has 1 saturated carbocycles. The summed E-state index contributed by atoms with van der Waals surface area (Å²) in [6.45, 7) is 0. The highest BCUT2D eigenvalue weighted by Crippen LogP contribution is 2.34. The van der Waals surface area contributed by atoms with Crippen LogP contribution in [-0.4, -0.2) is 11.2 Å². The molecule has 0 spiro atoms. The summed E-state index contributed by atoms with van der Waals surface area (Å²) in [6, 6.07) is 10.1. The molecule has 2 nitrogen and oxygen atoms in total. The summed E-state index contributed by atoms with van der Waals surface area (Å²) >= 11 is 0. The summed E-state index contributed by atoms with van der Waals surface area (Å²) < 4.78 is 5.71. The molecule has 0 saturated heterocycles. The fourth-order valence-corrected chi connectivity index (χ4v) is 2.17. The predicted octanol–water partition coefficient (Wildman–Crippen LogP) is 3.14. The Morgan fingerprint density at radius 3 is 2.88 bits per heavy atom. The number of aliphatic hydroxyl groups excluding tert-OH is 1. The van der Waals surface area contributed by atoms with Crippen LogP contribution in [-0.2, 0) is 6.42 Å². The second-order valence-electron chi connectivity index (χ2n) is 4.69. The monoisotopic (exact) mass is 216 g/mol. The van der Waals surface area contributed by atoms with Crippen molar-refractivity contribution in [3.63, 3.8) is 0 Å². The Morgan fingerprint density at radius 2 is 2.12 bits per heavy atom. The highest BCUT2D eigenvalue weighted by atomic mass is 16.3. The normalized spacial score (nSPS) is 17.8. The zero-order valence-electron chi connectivity index (χ0n) is 9.23. The average molecular weight is 216 g/mol. The van der Waals surface area contributed by atoms with Gasteiger partial charge in [-0.25, -0.2) is 0 Å². The van der Waals surface area contributed by atoms with Crippen LogP contribution in [0.25, 0.3) is 11.0 Å². The van der Waals surface area contributed by atoms with Crippen LogP contribution in [0.4, 0.5) is 0 Å². The number of aryl methyl sites for hydroxylation is 1. The number of furan rings is 1. The summed E-state index contributed by atoms with van der Waals surface area (Å²) in [5, 5.41) is 10.9. The molecule has 16 heavy (non-hydrogen) atoms. The van der Waals surface area contributed by atoms with Crippen molar-refractivity contribution in [1.82, 2.24) is 0 Å². The predicted molar refractivity (Wildman–Crippen MR) is 63.3 cm³/mol. The first kappa shape index (κ1) is 9.91. The maximum Gasteiger partial charge on any atom is 0.134 e. The Kier molecular flexibility index (Phi) is 2.44. The van der Waals surface area contributed by atoms with Gasteiger partial charge in [-0.1, -0.05) is 18.2 Å². The zero-order valence-corrected chi connectivity index (χ0v) is 9.23. The van der Waals surface area contributed by atoms with Crippen molar-refractivity contribution in [1.29, 1.82) is 0 Å². The van der Waals surface area contributed by atoms with Crippen LogP contribution < -0.4 is 0 Å². The third-order valence-electron chi connectivity index (χ3n) is 3.33. The minimum atomic E-state index is -0.131. The van der Waals surface area contributed by atoms with E-state index in [1.165, 1.54) is 12.8 Å². The van der Waals surface area contributed by atoms with Crippen molar-refractivity contribution in [3.05, 3.63) is 36.1 Å². The van der Waals surface area contributed by atoms with Gasteiger partial charge in [0.2, 0.25) is 0 Å². The highest BCUT2D eigenvalue weighted by Gasteiger charge is 2.29. The van der Waals surface area contributed by atoms with E-state index < -0.39 is 0 Å². The van der Waals surface area contributed by atoms with Crippen LogP contribution in [0, 0.1) is 5.92 Å². The molecule has 1 N–H and O–H groups in total. The lowest BCUT2D eigenvalue weighted by atomic mass is 10.1. The number of hydrogen-bond donors (Lipinski definition) is 1. The van der Waals surface area contributed by atoms with E-state index >= 15 is 0 Å². The first-order chi connectivity index (χ1) is 7.83. The highest BCUT2D eigenvalue weighted by molar-refractivity contribution is 5.77. The van der Waals surface area contributed by atoms with Crippen molar-refractivity contribution in [2.24, 2.45) is 5.92 Å². The Labute approximate surface area is 94.9 Å². The minimum absolute atomic E-state index is 0.131. The van der Waals surface area contributed by atoms with Crippen molar-refractivity contribution >= 4 is 11.0 Å². The molecule has 1 heterocycles. The van der Waals surface area contributed by atoms with Gasteiger partial charge in [-0.15, -0.1) is 0 Å². The largest absolute Gasteiger partial charge is 0.461 e. The van der Waals surface area contributed by atoms with Gasteiger partial charge in [0, 0.05) is 11.8 Å². The second-order valence-corrected chi connectivity index (χ2v) is 4.69. The van der Waals surface area contributed by atoms with E-state index in [-0.39, 0.29) is 6.10 Å². The van der Waals surface area contributed by atoms with E-state index in [0.717, 1.165) is 29.6 Å². The van der Waals surface area contributed by atoms with Gasteiger partial charge >= 0.3 is 0 Å². The molecule has 1 fully saturated rings. The van der Waals surface area contributed by atoms with Gasteiger partial charge in [0.25, 0.3) is 0 Å². The Hall–Kier alpha value is -1.28. The van der Waals surface area contributed by atoms with Gasteiger partial charge < -0.3 is 9.52 Å². The number of aliphatic hydroxyl groups is 1. The van der Waals surface area contributed by atoms with Gasteiger partial charge in [0.15, 0.2) is 0 Å². The molecule has 0 radical (unpaired) electrons. The molecule has 3 rings (SSSR count). The third kappa shape index (κ3) is 1.98. The van der Waals surface area contributed by atoms with Crippen LogP contribution >= 0.6 is 0 Å². The minimum Gasteiger partial charge on any atom is -0.461 e. The van der Waals surface area contributed by atoms with Gasteiger partial charge in [-0.2, -0.15) is 0 Å². The van der Waals surface area contributed by atoms with Crippen molar-refractivity contribution in [3.8, 4) is 0 Å². The van der Waals surface area contributed by atoms with Gasteiger partial charge in [0.1, 0.15) is 11.3 Å². The first-order valence-corrected chi connectivity index (χ1v) is 5.98. The number of hydrogen-bond acceptors (Lipinski definition) is 2. The second kappa shape index (κ2) is 3.95. The fourth-order valence-electron chi connectivity index (χ4n) is 2.17. The molecular weight excluding hydrogens is 200 g/mol. The molecule has 0 aliphatic heterocycles. The molecule has 0 bridgehead atoms. The van der Waals surface area contributed by atoms with Crippen molar-refractivity contribution in [2.45, 2.75) is 31.8 Å². The summed E-state index contributed by atoms with van der Waals surface area (Å²) in [4.78, 5) is 0. The summed E-state index contributed by atoms with van der Waals surface area (Å²) in [5.41, 5.74) is 0.943. The Balaban J connectivity index is 1.69. The maximum absolute atomic E-state index is 9.78. The van der Waals surface area contributed by atoms with E-state index in [4.69, 9.17) is 4.42 Å².